The summed E-state index contributed by atoms with van der Waals surface area (Å²) >= 11 is 9.21. The normalized spacial score (nSPS) is 12.8. The number of rotatable bonds is 2. The van der Waals surface area contributed by atoms with Gasteiger partial charge in [0.2, 0.25) is 0 Å². The quantitative estimate of drug-likeness (QED) is 0.573. The van der Waals surface area contributed by atoms with Crippen molar-refractivity contribution in [1.82, 2.24) is 0 Å². The molecule has 1 heterocycles. The van der Waals surface area contributed by atoms with Crippen molar-refractivity contribution in [2.24, 2.45) is 0 Å². The van der Waals surface area contributed by atoms with Crippen LogP contribution in [0.3, 0.4) is 0 Å². The Morgan fingerprint density at radius 3 is 2.41 bits per heavy atom. The second-order valence-electron chi connectivity index (χ2n) is 4.26. The Kier molecular flexibility index (Phi) is 4.11. The Labute approximate surface area is 123 Å². The molecule has 0 aliphatic carbocycles. The van der Waals surface area contributed by atoms with Gasteiger partial charge in [0.05, 0.1) is 8.61 Å². The monoisotopic (exact) mass is 372 g/mol. The summed E-state index contributed by atoms with van der Waals surface area (Å²) in [5.41, 5.74) is 5.38. The summed E-state index contributed by atoms with van der Waals surface area (Å²) in [6, 6.07) is 8.73. The van der Waals surface area contributed by atoms with Crippen molar-refractivity contribution in [1.29, 1.82) is 0 Å². The summed E-state index contributed by atoms with van der Waals surface area (Å²) in [5.74, 6) is 0. The van der Waals surface area contributed by atoms with Gasteiger partial charge >= 0.3 is 0 Å². The van der Waals surface area contributed by atoms with Crippen LogP contribution in [-0.4, -0.2) is 0 Å². The molecule has 0 nitrogen and oxygen atoms in total. The lowest BCUT2D eigenvalue weighted by Gasteiger charge is -2.13. The zero-order valence-electron chi connectivity index (χ0n) is 10.1. The van der Waals surface area contributed by atoms with E-state index >= 15 is 0 Å². The summed E-state index contributed by atoms with van der Waals surface area (Å²) in [7, 11) is 0. The molecule has 2 aromatic rings. The molecule has 0 saturated carbocycles. The standard InChI is InChI=1S/C14H14Br2S/c1-8-5-4-6-11(10(8)3)13(15)12-7-9(2)14(16)17-12/h4-7,13H,1-3H3. The van der Waals surface area contributed by atoms with E-state index in [1.165, 1.54) is 30.9 Å². The van der Waals surface area contributed by atoms with Crippen molar-refractivity contribution >= 4 is 43.2 Å². The van der Waals surface area contributed by atoms with Crippen molar-refractivity contribution < 1.29 is 0 Å². The van der Waals surface area contributed by atoms with Gasteiger partial charge in [-0.2, -0.15) is 0 Å². The highest BCUT2D eigenvalue weighted by molar-refractivity contribution is 9.11. The lowest BCUT2D eigenvalue weighted by molar-refractivity contribution is 1.15. The maximum absolute atomic E-state index is 3.82. The predicted octanol–water partition coefficient (Wildman–Crippen LogP) is 5.92. The first-order chi connectivity index (χ1) is 8.00. The highest BCUT2D eigenvalue weighted by Gasteiger charge is 2.16. The van der Waals surface area contributed by atoms with Crippen LogP contribution in [0.4, 0.5) is 0 Å². The number of alkyl halides is 1. The summed E-state index contributed by atoms with van der Waals surface area (Å²) in [5, 5.41) is 0. The summed E-state index contributed by atoms with van der Waals surface area (Å²) < 4.78 is 1.22. The third-order valence-corrected chi connectivity index (χ3v) is 6.54. The number of benzene rings is 1. The zero-order valence-corrected chi connectivity index (χ0v) is 14.0. The fraction of sp³-hybridized carbons (Fsp3) is 0.286. The van der Waals surface area contributed by atoms with E-state index in [9.17, 15) is 0 Å². The minimum atomic E-state index is 0.289. The molecule has 3 heteroatoms. The van der Waals surface area contributed by atoms with Crippen LogP contribution in [0.25, 0.3) is 0 Å². The van der Waals surface area contributed by atoms with E-state index < -0.39 is 0 Å². The molecule has 0 bridgehead atoms. The molecule has 1 aromatic carbocycles. The molecule has 90 valence electrons. The average Bonchev–Trinajstić information content (AvgIpc) is 2.62. The lowest BCUT2D eigenvalue weighted by atomic mass is 10.0. The third kappa shape index (κ3) is 2.67. The number of hydrogen-bond donors (Lipinski definition) is 0. The van der Waals surface area contributed by atoms with Gasteiger partial charge in [-0.05, 0) is 65.0 Å². The summed E-state index contributed by atoms with van der Waals surface area (Å²) in [6.45, 7) is 6.48. The minimum Gasteiger partial charge on any atom is -0.131 e. The van der Waals surface area contributed by atoms with Crippen LogP contribution in [0, 0.1) is 20.8 Å². The zero-order chi connectivity index (χ0) is 12.6. The first kappa shape index (κ1) is 13.3. The molecule has 0 saturated heterocycles. The molecule has 1 aromatic heterocycles. The molecular formula is C14H14Br2S. The maximum atomic E-state index is 3.82. The van der Waals surface area contributed by atoms with Crippen LogP contribution in [0.1, 0.15) is 32.0 Å². The van der Waals surface area contributed by atoms with Crippen molar-refractivity contribution in [2.75, 3.05) is 0 Å². The third-order valence-electron chi connectivity index (χ3n) is 3.05. The highest BCUT2D eigenvalue weighted by atomic mass is 79.9. The number of hydrogen-bond acceptors (Lipinski definition) is 1. The van der Waals surface area contributed by atoms with Crippen LogP contribution < -0.4 is 0 Å². The van der Waals surface area contributed by atoms with Gasteiger partial charge in [0, 0.05) is 4.88 Å². The Balaban J connectivity index is 2.43. The Hall–Kier alpha value is -0.120. The molecule has 0 radical (unpaired) electrons. The molecule has 0 spiro atoms. The van der Waals surface area contributed by atoms with Crippen LogP contribution in [0.15, 0.2) is 28.1 Å². The van der Waals surface area contributed by atoms with Gasteiger partial charge in [0.1, 0.15) is 0 Å². The molecule has 0 N–H and O–H groups in total. The minimum absolute atomic E-state index is 0.289. The van der Waals surface area contributed by atoms with Gasteiger partial charge in [0.25, 0.3) is 0 Å². The first-order valence-corrected chi connectivity index (χ1v) is 7.99. The molecular weight excluding hydrogens is 360 g/mol. The SMILES string of the molecule is Cc1cc(C(Br)c2cccc(C)c2C)sc1Br. The van der Waals surface area contributed by atoms with Crippen LogP contribution >= 0.6 is 43.2 Å². The Bertz CT molecular complexity index is 524. The Morgan fingerprint density at radius 2 is 1.82 bits per heavy atom. The number of thiophene rings is 1. The molecule has 2 rings (SSSR count). The van der Waals surface area contributed by atoms with Gasteiger partial charge in [0.15, 0.2) is 0 Å². The van der Waals surface area contributed by atoms with E-state index in [-0.39, 0.29) is 4.83 Å². The second kappa shape index (κ2) is 5.25. The molecule has 0 fully saturated rings. The second-order valence-corrected chi connectivity index (χ2v) is 7.57. The van der Waals surface area contributed by atoms with Crippen LogP contribution in [-0.2, 0) is 0 Å². The van der Waals surface area contributed by atoms with Crippen molar-refractivity contribution in [2.45, 2.75) is 25.6 Å². The van der Waals surface area contributed by atoms with Crippen LogP contribution in [0.5, 0.6) is 0 Å². The largest absolute Gasteiger partial charge is 0.131 e. The predicted molar refractivity (Wildman–Crippen MR) is 83.4 cm³/mol. The molecule has 0 aliphatic heterocycles. The van der Waals surface area contributed by atoms with Gasteiger partial charge in [-0.3, -0.25) is 0 Å². The van der Waals surface area contributed by atoms with E-state index in [0.717, 1.165) is 0 Å². The van der Waals surface area contributed by atoms with E-state index in [4.69, 9.17) is 0 Å². The summed E-state index contributed by atoms with van der Waals surface area (Å²) in [4.78, 5) is 1.64. The van der Waals surface area contributed by atoms with Crippen molar-refractivity contribution in [3.63, 3.8) is 0 Å². The van der Waals surface area contributed by atoms with E-state index in [1.54, 1.807) is 11.3 Å². The van der Waals surface area contributed by atoms with Gasteiger partial charge in [-0.1, -0.05) is 34.1 Å². The van der Waals surface area contributed by atoms with E-state index in [0.29, 0.717) is 0 Å². The fourth-order valence-corrected chi connectivity index (χ4v) is 4.29. The topological polar surface area (TPSA) is 0 Å². The molecule has 0 aliphatic rings. The average molecular weight is 374 g/mol. The van der Waals surface area contributed by atoms with Crippen molar-refractivity contribution in [3.8, 4) is 0 Å². The van der Waals surface area contributed by atoms with Crippen molar-refractivity contribution in [3.05, 3.63) is 55.2 Å². The fourth-order valence-electron chi connectivity index (χ4n) is 1.81. The summed E-state index contributed by atoms with van der Waals surface area (Å²) in [6.07, 6.45) is 0. The highest BCUT2D eigenvalue weighted by Crippen LogP contribution is 2.40. The van der Waals surface area contributed by atoms with Gasteiger partial charge in [-0.25, -0.2) is 0 Å². The smallest absolute Gasteiger partial charge is 0.0741 e. The lowest BCUT2D eigenvalue weighted by Crippen LogP contribution is -1.95. The molecule has 0 amide bonds. The molecule has 1 unspecified atom stereocenters. The van der Waals surface area contributed by atoms with Gasteiger partial charge < -0.3 is 0 Å². The first-order valence-electron chi connectivity index (χ1n) is 5.46. The van der Waals surface area contributed by atoms with Crippen LogP contribution in [0.2, 0.25) is 0 Å². The van der Waals surface area contributed by atoms with E-state index in [2.05, 4.69) is 76.9 Å². The van der Waals surface area contributed by atoms with Gasteiger partial charge in [-0.15, -0.1) is 11.3 Å². The maximum Gasteiger partial charge on any atom is 0.0741 e. The molecule has 17 heavy (non-hydrogen) atoms. The number of halogens is 2. The Morgan fingerprint density at radius 1 is 1.12 bits per heavy atom. The molecule has 1 atom stereocenters. The van der Waals surface area contributed by atoms with E-state index in [1.807, 2.05) is 0 Å². The number of aryl methyl sites for hydroxylation is 2.